The third kappa shape index (κ3) is 4.31. The van der Waals surface area contributed by atoms with Crippen molar-refractivity contribution in [1.29, 1.82) is 0 Å². The number of nitrogens with one attached hydrogen (secondary N) is 1. The topological polar surface area (TPSA) is 64.0 Å². The summed E-state index contributed by atoms with van der Waals surface area (Å²) in [6, 6.07) is 9.39. The maximum absolute atomic E-state index is 12.8. The number of aryl methyl sites for hydroxylation is 1. The maximum atomic E-state index is 12.8. The molecule has 1 aliphatic rings. The Kier molecular flexibility index (Phi) is 6.12. The summed E-state index contributed by atoms with van der Waals surface area (Å²) in [5, 5.41) is 5.63. The highest BCUT2D eigenvalue weighted by Crippen LogP contribution is 2.17. The molecular formula is C21H23N3O2S2. The van der Waals surface area contributed by atoms with Crippen LogP contribution in [0.2, 0.25) is 0 Å². The van der Waals surface area contributed by atoms with E-state index < -0.39 is 0 Å². The molecule has 1 aliphatic heterocycles. The van der Waals surface area contributed by atoms with Gasteiger partial charge in [0.25, 0.3) is 11.5 Å². The summed E-state index contributed by atoms with van der Waals surface area (Å²) in [6.07, 6.45) is 4.02. The molecule has 28 heavy (non-hydrogen) atoms. The summed E-state index contributed by atoms with van der Waals surface area (Å²) >= 11 is 3.56. The van der Waals surface area contributed by atoms with E-state index in [1.54, 1.807) is 34.1 Å². The van der Waals surface area contributed by atoms with E-state index in [1.165, 1.54) is 4.88 Å². The molecule has 0 fully saturated rings. The van der Waals surface area contributed by atoms with E-state index in [-0.39, 0.29) is 11.5 Å². The van der Waals surface area contributed by atoms with E-state index in [4.69, 9.17) is 4.98 Å². The molecule has 1 amide bonds. The van der Waals surface area contributed by atoms with Crippen molar-refractivity contribution in [1.82, 2.24) is 14.9 Å². The Morgan fingerprint density at radius 3 is 3.04 bits per heavy atom. The first-order valence-corrected chi connectivity index (χ1v) is 11.7. The quantitative estimate of drug-likeness (QED) is 0.624. The molecule has 4 rings (SSSR count). The number of rotatable bonds is 6. The van der Waals surface area contributed by atoms with Crippen molar-refractivity contribution in [2.75, 3.05) is 12.3 Å². The molecule has 0 saturated carbocycles. The van der Waals surface area contributed by atoms with Crippen LogP contribution in [-0.4, -0.2) is 27.8 Å². The highest BCUT2D eigenvalue weighted by molar-refractivity contribution is 7.98. The largest absolute Gasteiger partial charge is 0.351 e. The summed E-state index contributed by atoms with van der Waals surface area (Å²) in [5.41, 5.74) is 1.19. The number of carbonyl (C=O) groups excluding carboxylic acids is 1. The van der Waals surface area contributed by atoms with Crippen molar-refractivity contribution in [3.8, 4) is 0 Å². The molecule has 0 bridgehead atoms. The SMILES string of the molecule is O=C(NCCSCc1cccs1)c1ccc2c(=O)n3c(nc2c1)CCCCC3. The average molecular weight is 414 g/mol. The van der Waals surface area contributed by atoms with E-state index in [0.717, 1.165) is 49.6 Å². The lowest BCUT2D eigenvalue weighted by Crippen LogP contribution is -2.27. The molecule has 146 valence electrons. The second-order valence-corrected chi connectivity index (χ2v) is 9.05. The smallest absolute Gasteiger partial charge is 0.261 e. The van der Waals surface area contributed by atoms with E-state index >= 15 is 0 Å². The maximum Gasteiger partial charge on any atom is 0.261 e. The number of benzene rings is 1. The second-order valence-electron chi connectivity index (χ2n) is 6.92. The predicted octanol–water partition coefficient (Wildman–Crippen LogP) is 3.85. The van der Waals surface area contributed by atoms with Gasteiger partial charge in [-0.3, -0.25) is 14.2 Å². The monoisotopic (exact) mass is 413 g/mol. The number of hydrogen-bond donors (Lipinski definition) is 1. The number of thiophene rings is 1. The fraction of sp³-hybridized carbons (Fsp3) is 0.381. The first-order valence-electron chi connectivity index (χ1n) is 9.64. The van der Waals surface area contributed by atoms with Crippen molar-refractivity contribution in [3.63, 3.8) is 0 Å². The zero-order chi connectivity index (χ0) is 19.3. The first kappa shape index (κ1) is 19.2. The molecule has 0 unspecified atom stereocenters. The van der Waals surface area contributed by atoms with E-state index in [0.29, 0.717) is 23.0 Å². The van der Waals surface area contributed by atoms with Crippen LogP contribution in [0, 0.1) is 0 Å². The molecule has 7 heteroatoms. The van der Waals surface area contributed by atoms with Crippen molar-refractivity contribution < 1.29 is 4.79 Å². The van der Waals surface area contributed by atoms with Crippen LogP contribution in [0.5, 0.6) is 0 Å². The van der Waals surface area contributed by atoms with Gasteiger partial charge in [-0.15, -0.1) is 11.3 Å². The van der Waals surface area contributed by atoms with Crippen LogP contribution in [0.4, 0.5) is 0 Å². The lowest BCUT2D eigenvalue weighted by Gasteiger charge is -2.11. The third-order valence-corrected chi connectivity index (χ3v) is 7.00. The fourth-order valence-electron chi connectivity index (χ4n) is 3.47. The Hall–Kier alpha value is -2.12. The van der Waals surface area contributed by atoms with E-state index in [9.17, 15) is 9.59 Å². The zero-order valence-electron chi connectivity index (χ0n) is 15.6. The van der Waals surface area contributed by atoms with Crippen molar-refractivity contribution in [2.45, 2.75) is 38.0 Å². The van der Waals surface area contributed by atoms with Gasteiger partial charge in [0.15, 0.2) is 0 Å². The summed E-state index contributed by atoms with van der Waals surface area (Å²) in [5.74, 6) is 2.57. The lowest BCUT2D eigenvalue weighted by molar-refractivity contribution is 0.0956. The molecule has 0 spiro atoms. The molecule has 0 radical (unpaired) electrons. The van der Waals surface area contributed by atoms with Gasteiger partial charge in [0.1, 0.15) is 5.82 Å². The Morgan fingerprint density at radius 1 is 1.25 bits per heavy atom. The number of hydrogen-bond acceptors (Lipinski definition) is 5. The molecule has 5 nitrogen and oxygen atoms in total. The number of aromatic nitrogens is 2. The van der Waals surface area contributed by atoms with Gasteiger partial charge in [-0.1, -0.05) is 12.5 Å². The standard InChI is InChI=1S/C21H23N3O2S2/c25-20(22-9-12-27-14-16-5-4-11-28-16)15-7-8-17-18(13-15)23-19-6-2-1-3-10-24(19)21(17)26/h4-5,7-8,11,13H,1-3,6,9-10,12,14H2,(H,22,25). The second kappa shape index (κ2) is 8.92. The lowest BCUT2D eigenvalue weighted by atomic mass is 10.1. The number of thioether (sulfide) groups is 1. The summed E-state index contributed by atoms with van der Waals surface area (Å²) in [4.78, 5) is 31.3. The van der Waals surface area contributed by atoms with Crippen LogP contribution >= 0.6 is 23.1 Å². The fourth-order valence-corrected chi connectivity index (χ4v) is 5.17. The van der Waals surface area contributed by atoms with Crippen LogP contribution < -0.4 is 10.9 Å². The third-order valence-electron chi connectivity index (χ3n) is 4.94. The van der Waals surface area contributed by atoms with Crippen LogP contribution in [-0.2, 0) is 18.7 Å². The van der Waals surface area contributed by atoms with Crippen molar-refractivity contribution in [2.24, 2.45) is 0 Å². The molecule has 1 N–H and O–H groups in total. The average Bonchev–Trinajstić information content (AvgIpc) is 3.11. The highest BCUT2D eigenvalue weighted by Gasteiger charge is 2.15. The van der Waals surface area contributed by atoms with Crippen LogP contribution in [0.15, 0.2) is 40.5 Å². The van der Waals surface area contributed by atoms with Gasteiger partial charge in [0.2, 0.25) is 0 Å². The predicted molar refractivity (Wildman–Crippen MR) is 116 cm³/mol. The van der Waals surface area contributed by atoms with Gasteiger partial charge in [-0.25, -0.2) is 4.98 Å². The number of amides is 1. The molecule has 1 aromatic carbocycles. The van der Waals surface area contributed by atoms with Gasteiger partial charge >= 0.3 is 0 Å². The van der Waals surface area contributed by atoms with Gasteiger partial charge in [0.05, 0.1) is 10.9 Å². The highest BCUT2D eigenvalue weighted by atomic mass is 32.2. The summed E-state index contributed by atoms with van der Waals surface area (Å²) in [7, 11) is 0. The Morgan fingerprint density at radius 2 is 2.18 bits per heavy atom. The van der Waals surface area contributed by atoms with Gasteiger partial charge in [-0.05, 0) is 42.5 Å². The summed E-state index contributed by atoms with van der Waals surface area (Å²) in [6.45, 7) is 1.36. The van der Waals surface area contributed by atoms with E-state index in [1.807, 2.05) is 11.8 Å². The molecule has 0 saturated heterocycles. The van der Waals surface area contributed by atoms with E-state index in [2.05, 4.69) is 22.8 Å². The van der Waals surface area contributed by atoms with Crippen molar-refractivity contribution >= 4 is 39.9 Å². The van der Waals surface area contributed by atoms with Gasteiger partial charge < -0.3 is 5.32 Å². The molecule has 2 aromatic heterocycles. The number of carbonyl (C=O) groups is 1. The van der Waals surface area contributed by atoms with Gasteiger partial charge in [-0.2, -0.15) is 11.8 Å². The Labute approximate surface area is 172 Å². The molecule has 3 heterocycles. The first-order chi connectivity index (χ1) is 13.7. The van der Waals surface area contributed by atoms with Crippen LogP contribution in [0.25, 0.3) is 10.9 Å². The molecule has 3 aromatic rings. The minimum atomic E-state index is -0.115. The normalized spacial score (nSPS) is 13.9. The molecule has 0 aliphatic carbocycles. The molecular weight excluding hydrogens is 390 g/mol. The minimum absolute atomic E-state index is 0.0128. The summed E-state index contributed by atoms with van der Waals surface area (Å²) < 4.78 is 1.81. The molecule has 0 atom stereocenters. The van der Waals surface area contributed by atoms with Crippen LogP contribution in [0.1, 0.15) is 40.3 Å². The number of nitrogens with zero attached hydrogens (tertiary/aromatic N) is 2. The minimum Gasteiger partial charge on any atom is -0.351 e. The zero-order valence-corrected chi connectivity index (χ0v) is 17.3. The number of fused-ring (bicyclic) bond motifs is 2. The van der Waals surface area contributed by atoms with Crippen molar-refractivity contribution in [3.05, 3.63) is 62.3 Å². The van der Waals surface area contributed by atoms with Crippen LogP contribution in [0.3, 0.4) is 0 Å². The van der Waals surface area contributed by atoms with Gasteiger partial charge in [0, 0.05) is 41.5 Å². The Balaban J connectivity index is 1.42. The Bertz CT molecular complexity index is 1030.